The van der Waals surface area contributed by atoms with Gasteiger partial charge in [0.15, 0.2) is 0 Å². The Balaban J connectivity index is 2.37. The molecule has 16 heavy (non-hydrogen) atoms. The summed E-state index contributed by atoms with van der Waals surface area (Å²) in [5.74, 6) is 0.146. The molecule has 0 aromatic carbocycles. The van der Waals surface area contributed by atoms with Gasteiger partial charge in [0.2, 0.25) is 5.91 Å². The molecule has 1 aromatic heterocycles. The highest BCUT2D eigenvalue weighted by atomic mass is 19.1. The van der Waals surface area contributed by atoms with Crippen LogP contribution < -0.4 is 11.1 Å². The number of aromatic nitrogens is 1. The summed E-state index contributed by atoms with van der Waals surface area (Å²) >= 11 is 0. The lowest BCUT2D eigenvalue weighted by Crippen LogP contribution is -2.16. The Hall–Kier alpha value is -1.49. The van der Waals surface area contributed by atoms with E-state index in [1.807, 2.05) is 6.92 Å². The van der Waals surface area contributed by atoms with Crippen LogP contribution >= 0.6 is 0 Å². The Morgan fingerprint density at radius 1 is 1.62 bits per heavy atom. The number of carbonyl (C=O) groups is 1. The normalized spacial score (nSPS) is 12.2. The van der Waals surface area contributed by atoms with E-state index < -0.39 is 5.82 Å². The predicted molar refractivity (Wildman–Crippen MR) is 60.3 cm³/mol. The maximum Gasteiger partial charge on any atom is 0.225 e. The Kier molecular flexibility index (Phi) is 4.85. The molecular formula is C11H16FN3O. The van der Waals surface area contributed by atoms with E-state index in [0.717, 1.165) is 12.6 Å². The smallest absolute Gasteiger partial charge is 0.225 e. The minimum atomic E-state index is -0.422. The van der Waals surface area contributed by atoms with Crippen molar-refractivity contribution in [1.82, 2.24) is 4.98 Å². The third-order valence-corrected chi connectivity index (χ3v) is 2.26. The Bertz CT molecular complexity index is 340. The van der Waals surface area contributed by atoms with Gasteiger partial charge < -0.3 is 11.1 Å². The molecule has 5 heteroatoms. The quantitative estimate of drug-likeness (QED) is 0.798. The molecule has 0 aliphatic heterocycles. The van der Waals surface area contributed by atoms with Crippen molar-refractivity contribution in [2.75, 3.05) is 11.9 Å². The molecule has 1 unspecified atom stereocenters. The number of anilines is 1. The molecule has 0 bridgehead atoms. The standard InChI is InChI=1S/C11H16FN3O/c1-8(6-13)2-5-11(16)15-10-4-3-9(12)7-14-10/h3-4,7-8H,2,5-6,13H2,1H3,(H,14,15,16). The number of pyridine rings is 1. The van der Waals surface area contributed by atoms with Crippen molar-refractivity contribution in [1.29, 1.82) is 0 Å². The Labute approximate surface area is 94.1 Å². The monoisotopic (exact) mass is 225 g/mol. The van der Waals surface area contributed by atoms with E-state index in [1.165, 1.54) is 12.1 Å². The zero-order valence-electron chi connectivity index (χ0n) is 9.24. The third kappa shape index (κ3) is 4.35. The number of hydrogen-bond acceptors (Lipinski definition) is 3. The Morgan fingerprint density at radius 3 is 2.94 bits per heavy atom. The number of rotatable bonds is 5. The molecule has 1 amide bonds. The largest absolute Gasteiger partial charge is 0.330 e. The van der Waals surface area contributed by atoms with Crippen molar-refractivity contribution in [3.8, 4) is 0 Å². The summed E-state index contributed by atoms with van der Waals surface area (Å²) in [5, 5.41) is 2.59. The fraction of sp³-hybridized carbons (Fsp3) is 0.455. The van der Waals surface area contributed by atoms with Gasteiger partial charge in [-0.25, -0.2) is 9.37 Å². The molecule has 1 atom stereocenters. The molecule has 0 saturated heterocycles. The van der Waals surface area contributed by atoms with Gasteiger partial charge in [-0.3, -0.25) is 4.79 Å². The maximum atomic E-state index is 12.5. The molecule has 4 nitrogen and oxygen atoms in total. The molecule has 0 radical (unpaired) electrons. The van der Waals surface area contributed by atoms with Crippen LogP contribution in [-0.4, -0.2) is 17.4 Å². The summed E-state index contributed by atoms with van der Waals surface area (Å²) < 4.78 is 12.5. The highest BCUT2D eigenvalue weighted by Gasteiger charge is 2.06. The SMILES string of the molecule is CC(CN)CCC(=O)Nc1ccc(F)cn1. The molecule has 1 rings (SSSR count). The van der Waals surface area contributed by atoms with Crippen LogP contribution in [0.4, 0.5) is 10.2 Å². The summed E-state index contributed by atoms with van der Waals surface area (Å²) in [6, 6.07) is 2.69. The van der Waals surface area contributed by atoms with Crippen LogP contribution in [0.1, 0.15) is 19.8 Å². The minimum Gasteiger partial charge on any atom is -0.330 e. The van der Waals surface area contributed by atoms with Crippen LogP contribution in [0.3, 0.4) is 0 Å². The van der Waals surface area contributed by atoms with Crippen molar-refractivity contribution < 1.29 is 9.18 Å². The van der Waals surface area contributed by atoms with Crippen LogP contribution in [0.25, 0.3) is 0 Å². The van der Waals surface area contributed by atoms with Crippen LogP contribution in [0, 0.1) is 11.7 Å². The van der Waals surface area contributed by atoms with E-state index in [9.17, 15) is 9.18 Å². The van der Waals surface area contributed by atoms with Gasteiger partial charge in [0, 0.05) is 6.42 Å². The van der Waals surface area contributed by atoms with Gasteiger partial charge in [-0.2, -0.15) is 0 Å². The van der Waals surface area contributed by atoms with Gasteiger partial charge in [0.05, 0.1) is 6.20 Å². The zero-order chi connectivity index (χ0) is 12.0. The lowest BCUT2D eigenvalue weighted by atomic mass is 10.1. The van der Waals surface area contributed by atoms with Gasteiger partial charge in [0.1, 0.15) is 11.6 Å². The van der Waals surface area contributed by atoms with E-state index >= 15 is 0 Å². The molecule has 0 fully saturated rings. The molecule has 1 aromatic rings. The van der Waals surface area contributed by atoms with Gasteiger partial charge >= 0.3 is 0 Å². The number of nitrogens with zero attached hydrogens (tertiary/aromatic N) is 1. The molecular weight excluding hydrogens is 209 g/mol. The molecule has 0 aliphatic rings. The van der Waals surface area contributed by atoms with Crippen molar-refractivity contribution in [2.45, 2.75) is 19.8 Å². The van der Waals surface area contributed by atoms with Crippen LogP contribution in [-0.2, 0) is 4.79 Å². The summed E-state index contributed by atoms with van der Waals surface area (Å²) in [6.45, 7) is 2.56. The summed E-state index contributed by atoms with van der Waals surface area (Å²) in [5.41, 5.74) is 5.44. The molecule has 1 heterocycles. The predicted octanol–water partition coefficient (Wildman–Crippen LogP) is 1.53. The highest BCUT2D eigenvalue weighted by Crippen LogP contribution is 2.07. The van der Waals surface area contributed by atoms with E-state index in [4.69, 9.17) is 5.73 Å². The molecule has 0 saturated carbocycles. The van der Waals surface area contributed by atoms with Crippen LogP contribution in [0.15, 0.2) is 18.3 Å². The van der Waals surface area contributed by atoms with Crippen molar-refractivity contribution in [2.24, 2.45) is 11.7 Å². The highest BCUT2D eigenvalue weighted by molar-refractivity contribution is 5.89. The average molecular weight is 225 g/mol. The van der Waals surface area contributed by atoms with E-state index in [-0.39, 0.29) is 5.91 Å². The lowest BCUT2D eigenvalue weighted by molar-refractivity contribution is -0.116. The lowest BCUT2D eigenvalue weighted by Gasteiger charge is -2.08. The van der Waals surface area contributed by atoms with E-state index in [1.54, 1.807) is 0 Å². The first-order valence-electron chi connectivity index (χ1n) is 5.23. The maximum absolute atomic E-state index is 12.5. The number of nitrogens with two attached hydrogens (primary N) is 1. The van der Waals surface area contributed by atoms with Crippen molar-refractivity contribution in [3.63, 3.8) is 0 Å². The molecule has 0 spiro atoms. The number of halogens is 1. The summed E-state index contributed by atoms with van der Waals surface area (Å²) in [4.78, 5) is 15.2. The van der Waals surface area contributed by atoms with Crippen molar-refractivity contribution >= 4 is 11.7 Å². The first kappa shape index (κ1) is 12.6. The number of nitrogens with one attached hydrogen (secondary N) is 1. The van der Waals surface area contributed by atoms with Gasteiger partial charge in [-0.1, -0.05) is 6.92 Å². The third-order valence-electron chi connectivity index (χ3n) is 2.26. The topological polar surface area (TPSA) is 68.0 Å². The summed E-state index contributed by atoms with van der Waals surface area (Å²) in [6.07, 6.45) is 2.21. The van der Waals surface area contributed by atoms with Crippen LogP contribution in [0.5, 0.6) is 0 Å². The van der Waals surface area contributed by atoms with Gasteiger partial charge in [-0.15, -0.1) is 0 Å². The van der Waals surface area contributed by atoms with Crippen molar-refractivity contribution in [3.05, 3.63) is 24.1 Å². The number of carbonyl (C=O) groups excluding carboxylic acids is 1. The van der Waals surface area contributed by atoms with Gasteiger partial charge in [-0.05, 0) is 31.0 Å². The fourth-order valence-electron chi connectivity index (χ4n) is 1.15. The van der Waals surface area contributed by atoms with Crippen LogP contribution in [0.2, 0.25) is 0 Å². The first-order chi connectivity index (χ1) is 7.61. The first-order valence-corrected chi connectivity index (χ1v) is 5.23. The van der Waals surface area contributed by atoms with Gasteiger partial charge in [0.25, 0.3) is 0 Å². The Morgan fingerprint density at radius 2 is 2.38 bits per heavy atom. The fourth-order valence-corrected chi connectivity index (χ4v) is 1.15. The second kappa shape index (κ2) is 6.17. The zero-order valence-corrected chi connectivity index (χ0v) is 9.24. The average Bonchev–Trinajstić information content (AvgIpc) is 2.29. The van der Waals surface area contributed by atoms with E-state index in [0.29, 0.717) is 24.7 Å². The second-order valence-electron chi connectivity index (χ2n) is 3.79. The summed E-state index contributed by atoms with van der Waals surface area (Å²) in [7, 11) is 0. The molecule has 3 N–H and O–H groups in total. The minimum absolute atomic E-state index is 0.126. The molecule has 88 valence electrons. The van der Waals surface area contributed by atoms with E-state index in [2.05, 4.69) is 10.3 Å². The number of amides is 1. The molecule has 0 aliphatic carbocycles. The second-order valence-corrected chi connectivity index (χ2v) is 3.79. The number of hydrogen-bond donors (Lipinski definition) is 2.